The molecule has 1 unspecified atom stereocenters. The first-order valence-corrected chi connectivity index (χ1v) is 8.01. The summed E-state index contributed by atoms with van der Waals surface area (Å²) >= 11 is 11.0. The van der Waals surface area contributed by atoms with Gasteiger partial charge in [0, 0.05) is 15.4 Å². The van der Waals surface area contributed by atoms with E-state index in [-0.39, 0.29) is 12.6 Å². The third kappa shape index (κ3) is 3.67. The van der Waals surface area contributed by atoms with Crippen LogP contribution in [0.15, 0.2) is 10.5 Å². The van der Waals surface area contributed by atoms with Crippen LogP contribution in [0.1, 0.15) is 43.0 Å². The summed E-state index contributed by atoms with van der Waals surface area (Å²) in [5.41, 5.74) is 0. The van der Waals surface area contributed by atoms with Crippen molar-refractivity contribution in [3.8, 4) is 0 Å². The first-order valence-electron chi connectivity index (χ1n) is 6.02. The molecule has 1 aliphatic rings. The number of nitrogens with one attached hydrogen (secondary N) is 1. The van der Waals surface area contributed by atoms with Crippen molar-refractivity contribution < 1.29 is 5.11 Å². The average Bonchev–Trinajstić information content (AvgIpc) is 2.68. The highest BCUT2D eigenvalue weighted by Crippen LogP contribution is 2.35. The van der Waals surface area contributed by atoms with Gasteiger partial charge in [0.05, 0.1) is 12.6 Å². The monoisotopic (exact) mass is 337 g/mol. The molecule has 0 aromatic carbocycles. The minimum Gasteiger partial charge on any atom is -0.394 e. The van der Waals surface area contributed by atoms with Crippen molar-refractivity contribution in [3.05, 3.63) is 19.8 Å². The van der Waals surface area contributed by atoms with Crippen LogP contribution in [0.2, 0.25) is 4.34 Å². The van der Waals surface area contributed by atoms with Gasteiger partial charge in [0.1, 0.15) is 4.34 Å². The standard InChI is InChI=1S/C12H17BrClNOS/c13-9-6-11(17-12(9)14)10(7-16)15-8-4-2-1-3-5-8/h6,8,10,15-16H,1-5,7H2. The molecule has 0 amide bonds. The zero-order chi connectivity index (χ0) is 12.3. The minimum atomic E-state index is 0.0203. The molecule has 17 heavy (non-hydrogen) atoms. The number of thiophene rings is 1. The van der Waals surface area contributed by atoms with Crippen molar-refractivity contribution in [1.82, 2.24) is 5.32 Å². The molecule has 0 radical (unpaired) electrons. The van der Waals surface area contributed by atoms with Gasteiger partial charge in [-0.3, -0.25) is 0 Å². The molecule has 0 bridgehead atoms. The third-order valence-corrected chi connectivity index (χ3v) is 5.82. The summed E-state index contributed by atoms with van der Waals surface area (Å²) in [5, 5.41) is 13.0. The van der Waals surface area contributed by atoms with Crippen molar-refractivity contribution in [2.75, 3.05) is 6.61 Å². The highest BCUT2D eigenvalue weighted by Gasteiger charge is 2.20. The van der Waals surface area contributed by atoms with E-state index in [1.54, 1.807) is 0 Å². The number of halogens is 2. The second-order valence-corrected chi connectivity index (χ2v) is 7.05. The lowest BCUT2D eigenvalue weighted by molar-refractivity contribution is 0.222. The molecular formula is C12H17BrClNOS. The van der Waals surface area contributed by atoms with Gasteiger partial charge < -0.3 is 10.4 Å². The first kappa shape index (κ1) is 13.8. The molecule has 0 spiro atoms. The predicted molar refractivity (Wildman–Crippen MR) is 76.9 cm³/mol. The fourth-order valence-corrected chi connectivity index (χ4v) is 4.10. The first-order chi connectivity index (χ1) is 8.20. The second kappa shape index (κ2) is 6.53. The molecule has 0 saturated heterocycles. The molecule has 1 saturated carbocycles. The Morgan fingerprint density at radius 1 is 1.47 bits per heavy atom. The molecule has 2 rings (SSSR count). The Kier molecular flexibility index (Phi) is 5.30. The van der Waals surface area contributed by atoms with E-state index in [0.717, 1.165) is 13.7 Å². The molecule has 96 valence electrons. The van der Waals surface area contributed by atoms with E-state index in [2.05, 4.69) is 21.2 Å². The fourth-order valence-electron chi connectivity index (χ4n) is 2.31. The van der Waals surface area contributed by atoms with Gasteiger partial charge >= 0.3 is 0 Å². The van der Waals surface area contributed by atoms with Gasteiger partial charge in [-0.15, -0.1) is 11.3 Å². The lowest BCUT2D eigenvalue weighted by Crippen LogP contribution is -2.35. The Morgan fingerprint density at radius 3 is 2.71 bits per heavy atom. The lowest BCUT2D eigenvalue weighted by atomic mass is 9.95. The zero-order valence-electron chi connectivity index (χ0n) is 9.59. The number of hydrogen-bond acceptors (Lipinski definition) is 3. The van der Waals surface area contributed by atoms with Crippen LogP contribution in [-0.4, -0.2) is 17.8 Å². The second-order valence-electron chi connectivity index (χ2n) is 4.51. The van der Waals surface area contributed by atoms with E-state index in [1.807, 2.05) is 6.07 Å². The summed E-state index contributed by atoms with van der Waals surface area (Å²) in [6.07, 6.45) is 6.38. The molecule has 1 heterocycles. The van der Waals surface area contributed by atoms with Crippen molar-refractivity contribution >= 4 is 38.9 Å². The van der Waals surface area contributed by atoms with Gasteiger partial charge in [-0.05, 0) is 34.8 Å². The molecule has 2 nitrogen and oxygen atoms in total. The topological polar surface area (TPSA) is 32.3 Å². The summed E-state index contributed by atoms with van der Waals surface area (Å²) in [6, 6.07) is 2.57. The highest BCUT2D eigenvalue weighted by molar-refractivity contribution is 9.10. The average molecular weight is 339 g/mol. The molecule has 1 aromatic rings. The number of aliphatic hydroxyl groups is 1. The van der Waals surface area contributed by atoms with Crippen LogP contribution in [-0.2, 0) is 0 Å². The van der Waals surface area contributed by atoms with E-state index in [1.165, 1.54) is 43.4 Å². The molecular weight excluding hydrogens is 322 g/mol. The van der Waals surface area contributed by atoms with Gasteiger partial charge in [-0.2, -0.15) is 0 Å². The molecule has 2 N–H and O–H groups in total. The van der Waals surface area contributed by atoms with E-state index >= 15 is 0 Å². The Morgan fingerprint density at radius 2 is 2.18 bits per heavy atom. The SMILES string of the molecule is OCC(NC1CCCCC1)c1cc(Br)c(Cl)s1. The van der Waals surface area contributed by atoms with Gasteiger partial charge in [0.25, 0.3) is 0 Å². The normalized spacial score (nSPS) is 19.5. The summed E-state index contributed by atoms with van der Waals surface area (Å²) in [4.78, 5) is 1.11. The highest BCUT2D eigenvalue weighted by atomic mass is 79.9. The van der Waals surface area contributed by atoms with Crippen molar-refractivity contribution in [2.24, 2.45) is 0 Å². The van der Waals surface area contributed by atoms with Gasteiger partial charge in [0.15, 0.2) is 0 Å². The maximum atomic E-state index is 9.50. The Labute approximate surface area is 120 Å². The van der Waals surface area contributed by atoms with Crippen LogP contribution in [0.4, 0.5) is 0 Å². The fraction of sp³-hybridized carbons (Fsp3) is 0.667. The van der Waals surface area contributed by atoms with Crippen LogP contribution in [0.5, 0.6) is 0 Å². The molecule has 1 fully saturated rings. The van der Waals surface area contributed by atoms with E-state index in [0.29, 0.717) is 6.04 Å². The van der Waals surface area contributed by atoms with E-state index in [4.69, 9.17) is 11.6 Å². The Bertz CT molecular complexity index is 346. The maximum Gasteiger partial charge on any atom is 0.107 e. The Balaban J connectivity index is 2.00. The van der Waals surface area contributed by atoms with Crippen molar-refractivity contribution in [2.45, 2.75) is 44.2 Å². The summed E-state index contributed by atoms with van der Waals surface area (Å²) in [7, 11) is 0. The predicted octanol–water partition coefficient (Wildman–Crippen LogP) is 4.12. The Hall–Kier alpha value is 0.390. The molecule has 1 atom stereocenters. The van der Waals surface area contributed by atoms with E-state index < -0.39 is 0 Å². The van der Waals surface area contributed by atoms with Crippen molar-refractivity contribution in [1.29, 1.82) is 0 Å². The number of rotatable bonds is 4. The summed E-state index contributed by atoms with van der Waals surface area (Å²) in [6.45, 7) is 0.125. The number of aliphatic hydroxyl groups excluding tert-OH is 1. The number of hydrogen-bond donors (Lipinski definition) is 2. The molecule has 1 aromatic heterocycles. The molecule has 5 heteroatoms. The van der Waals surface area contributed by atoms with Crippen LogP contribution in [0, 0.1) is 0 Å². The summed E-state index contributed by atoms with van der Waals surface area (Å²) < 4.78 is 1.67. The van der Waals surface area contributed by atoms with Gasteiger partial charge in [0.2, 0.25) is 0 Å². The van der Waals surface area contributed by atoms with Crippen LogP contribution in [0.25, 0.3) is 0 Å². The molecule has 0 aliphatic heterocycles. The quantitative estimate of drug-likeness (QED) is 0.865. The van der Waals surface area contributed by atoms with Gasteiger partial charge in [-0.1, -0.05) is 30.9 Å². The smallest absolute Gasteiger partial charge is 0.107 e. The van der Waals surface area contributed by atoms with Crippen LogP contribution in [0.3, 0.4) is 0 Å². The van der Waals surface area contributed by atoms with Crippen molar-refractivity contribution in [3.63, 3.8) is 0 Å². The minimum absolute atomic E-state index is 0.0203. The zero-order valence-corrected chi connectivity index (χ0v) is 12.7. The third-order valence-electron chi connectivity index (χ3n) is 3.23. The molecule has 1 aliphatic carbocycles. The van der Waals surface area contributed by atoms with Crippen LogP contribution >= 0.6 is 38.9 Å². The summed E-state index contributed by atoms with van der Waals surface area (Å²) in [5.74, 6) is 0. The van der Waals surface area contributed by atoms with Crippen LogP contribution < -0.4 is 5.32 Å². The largest absolute Gasteiger partial charge is 0.394 e. The lowest BCUT2D eigenvalue weighted by Gasteiger charge is -2.27. The maximum absolute atomic E-state index is 9.50. The van der Waals surface area contributed by atoms with E-state index in [9.17, 15) is 5.11 Å². The van der Waals surface area contributed by atoms with Gasteiger partial charge in [-0.25, -0.2) is 0 Å².